The summed E-state index contributed by atoms with van der Waals surface area (Å²) in [4.78, 5) is 12.3. The first-order valence-corrected chi connectivity index (χ1v) is 7.16. The Bertz CT molecular complexity index is 304. The van der Waals surface area contributed by atoms with Crippen LogP contribution in [0.2, 0.25) is 0 Å². The lowest BCUT2D eigenvalue weighted by molar-refractivity contribution is -0.126. The summed E-state index contributed by atoms with van der Waals surface area (Å²) in [5, 5.41) is 6.58. The number of ether oxygens (including phenoxy) is 1. The lowest BCUT2D eigenvalue weighted by Crippen LogP contribution is -2.49. The molecule has 1 amide bonds. The number of hydrogen-bond acceptors (Lipinski definition) is 3. The molecule has 0 spiro atoms. The van der Waals surface area contributed by atoms with Gasteiger partial charge >= 0.3 is 0 Å². The van der Waals surface area contributed by atoms with Gasteiger partial charge in [-0.15, -0.1) is 0 Å². The number of carbonyl (C=O) groups is 1. The van der Waals surface area contributed by atoms with E-state index in [4.69, 9.17) is 4.74 Å². The van der Waals surface area contributed by atoms with E-state index < -0.39 is 0 Å². The molecule has 1 saturated carbocycles. The molecule has 0 bridgehead atoms. The highest BCUT2D eigenvalue weighted by atomic mass is 16.5. The highest BCUT2D eigenvalue weighted by Gasteiger charge is 2.39. The lowest BCUT2D eigenvalue weighted by Gasteiger charge is -2.29. The first kappa shape index (κ1) is 13.8. The third kappa shape index (κ3) is 2.86. The van der Waals surface area contributed by atoms with E-state index in [9.17, 15) is 4.79 Å². The van der Waals surface area contributed by atoms with Crippen molar-refractivity contribution in [2.24, 2.45) is 11.3 Å². The molecule has 3 unspecified atom stereocenters. The molecule has 2 N–H and O–H groups in total. The molecule has 2 fully saturated rings. The molecular weight excluding hydrogens is 228 g/mol. The van der Waals surface area contributed by atoms with Crippen LogP contribution in [-0.4, -0.2) is 37.7 Å². The van der Waals surface area contributed by atoms with Gasteiger partial charge in [-0.25, -0.2) is 0 Å². The number of hydrogen-bond donors (Lipinski definition) is 2. The Hall–Kier alpha value is -0.610. The minimum Gasteiger partial charge on any atom is -0.379 e. The Balaban J connectivity index is 1.91. The molecule has 18 heavy (non-hydrogen) atoms. The van der Waals surface area contributed by atoms with Gasteiger partial charge in [0.25, 0.3) is 0 Å². The molecule has 0 radical (unpaired) electrons. The minimum absolute atomic E-state index is 0.0265. The Morgan fingerprint density at radius 1 is 1.39 bits per heavy atom. The monoisotopic (exact) mass is 254 g/mol. The van der Waals surface area contributed by atoms with E-state index in [1.165, 1.54) is 12.8 Å². The average molecular weight is 254 g/mol. The third-order valence-electron chi connectivity index (χ3n) is 4.46. The maximum Gasteiger partial charge on any atom is 0.227 e. The zero-order valence-corrected chi connectivity index (χ0v) is 11.8. The van der Waals surface area contributed by atoms with Crippen molar-refractivity contribution in [1.82, 2.24) is 10.6 Å². The number of carbonyl (C=O) groups excluding carboxylic acids is 1. The topological polar surface area (TPSA) is 50.4 Å². The van der Waals surface area contributed by atoms with E-state index in [2.05, 4.69) is 31.4 Å². The molecule has 2 aliphatic rings. The SMILES string of the molecule is CCNC1COCC1C(=O)NC1CCCC1(C)C. The Morgan fingerprint density at radius 2 is 2.17 bits per heavy atom. The number of rotatable bonds is 4. The van der Waals surface area contributed by atoms with Crippen molar-refractivity contribution in [2.75, 3.05) is 19.8 Å². The van der Waals surface area contributed by atoms with Crippen LogP contribution in [0.1, 0.15) is 40.0 Å². The van der Waals surface area contributed by atoms with Crippen molar-refractivity contribution in [3.05, 3.63) is 0 Å². The second kappa shape index (κ2) is 5.57. The summed E-state index contributed by atoms with van der Waals surface area (Å²) in [5.74, 6) is 0.139. The smallest absolute Gasteiger partial charge is 0.227 e. The van der Waals surface area contributed by atoms with Crippen LogP contribution >= 0.6 is 0 Å². The third-order valence-corrected chi connectivity index (χ3v) is 4.46. The van der Waals surface area contributed by atoms with E-state index in [1.807, 2.05) is 0 Å². The molecule has 2 rings (SSSR count). The Labute approximate surface area is 110 Å². The van der Waals surface area contributed by atoms with Crippen molar-refractivity contribution in [1.29, 1.82) is 0 Å². The fourth-order valence-electron chi connectivity index (χ4n) is 3.15. The van der Waals surface area contributed by atoms with Gasteiger partial charge in [0.15, 0.2) is 0 Å². The summed E-state index contributed by atoms with van der Waals surface area (Å²) in [6, 6.07) is 0.507. The number of likely N-dealkylation sites (N-methyl/N-ethyl adjacent to an activating group) is 1. The Morgan fingerprint density at radius 3 is 2.78 bits per heavy atom. The predicted octanol–water partition coefficient (Wildman–Crippen LogP) is 1.31. The maximum absolute atomic E-state index is 12.3. The van der Waals surface area contributed by atoms with Crippen molar-refractivity contribution in [3.8, 4) is 0 Å². The van der Waals surface area contributed by atoms with Crippen molar-refractivity contribution < 1.29 is 9.53 Å². The van der Waals surface area contributed by atoms with E-state index in [1.54, 1.807) is 0 Å². The van der Waals surface area contributed by atoms with Crippen molar-refractivity contribution in [2.45, 2.75) is 52.1 Å². The van der Waals surface area contributed by atoms with E-state index >= 15 is 0 Å². The van der Waals surface area contributed by atoms with Crippen LogP contribution in [0.5, 0.6) is 0 Å². The highest BCUT2D eigenvalue weighted by molar-refractivity contribution is 5.80. The predicted molar refractivity (Wildman–Crippen MR) is 71.3 cm³/mol. The van der Waals surface area contributed by atoms with Crippen LogP contribution in [0, 0.1) is 11.3 Å². The largest absolute Gasteiger partial charge is 0.379 e. The molecule has 3 atom stereocenters. The fraction of sp³-hybridized carbons (Fsp3) is 0.929. The van der Waals surface area contributed by atoms with Crippen molar-refractivity contribution >= 4 is 5.91 Å². The molecule has 0 aromatic heterocycles. The molecule has 4 nitrogen and oxygen atoms in total. The van der Waals surface area contributed by atoms with Gasteiger partial charge in [-0.2, -0.15) is 0 Å². The van der Waals surface area contributed by atoms with Crippen LogP contribution in [-0.2, 0) is 9.53 Å². The van der Waals surface area contributed by atoms with Gasteiger partial charge in [-0.3, -0.25) is 4.79 Å². The fourth-order valence-corrected chi connectivity index (χ4v) is 3.15. The normalized spacial score (nSPS) is 34.7. The highest BCUT2D eigenvalue weighted by Crippen LogP contribution is 2.37. The van der Waals surface area contributed by atoms with E-state index in [-0.39, 0.29) is 23.3 Å². The second-order valence-electron chi connectivity index (χ2n) is 6.25. The van der Waals surface area contributed by atoms with Crippen LogP contribution in [0.25, 0.3) is 0 Å². The zero-order chi connectivity index (χ0) is 13.2. The first-order chi connectivity index (χ1) is 8.54. The summed E-state index contributed by atoms with van der Waals surface area (Å²) in [7, 11) is 0. The van der Waals surface area contributed by atoms with Gasteiger partial charge in [-0.1, -0.05) is 27.2 Å². The molecule has 104 valence electrons. The summed E-state index contributed by atoms with van der Waals surface area (Å²) < 4.78 is 5.44. The van der Waals surface area contributed by atoms with Crippen LogP contribution in [0.15, 0.2) is 0 Å². The van der Waals surface area contributed by atoms with Gasteiger partial charge < -0.3 is 15.4 Å². The van der Waals surface area contributed by atoms with Crippen molar-refractivity contribution in [3.63, 3.8) is 0 Å². The molecule has 0 aromatic carbocycles. The standard InChI is InChI=1S/C14H26N2O2/c1-4-15-11-9-18-8-10(11)13(17)16-12-6-5-7-14(12,2)3/h10-12,15H,4-9H2,1-3H3,(H,16,17). The van der Waals surface area contributed by atoms with E-state index in [0.29, 0.717) is 19.3 Å². The summed E-state index contributed by atoms with van der Waals surface area (Å²) in [6.45, 7) is 8.65. The average Bonchev–Trinajstić information content (AvgIpc) is 2.87. The first-order valence-electron chi connectivity index (χ1n) is 7.16. The van der Waals surface area contributed by atoms with Gasteiger partial charge in [0.1, 0.15) is 0 Å². The quantitative estimate of drug-likeness (QED) is 0.795. The van der Waals surface area contributed by atoms with E-state index in [0.717, 1.165) is 13.0 Å². The van der Waals surface area contributed by atoms with Gasteiger partial charge in [0, 0.05) is 12.1 Å². The number of amides is 1. The second-order valence-corrected chi connectivity index (χ2v) is 6.25. The Kier molecular flexibility index (Phi) is 4.28. The molecule has 0 aromatic rings. The van der Waals surface area contributed by atoms with Gasteiger partial charge in [-0.05, 0) is 24.8 Å². The maximum atomic E-state index is 12.3. The molecule has 1 aliphatic carbocycles. The molecule has 1 aliphatic heterocycles. The van der Waals surface area contributed by atoms with Gasteiger partial charge in [0.05, 0.1) is 19.1 Å². The minimum atomic E-state index is -0.0265. The molecular formula is C14H26N2O2. The summed E-state index contributed by atoms with van der Waals surface area (Å²) in [5.41, 5.74) is 0.239. The molecule has 1 saturated heterocycles. The molecule has 4 heteroatoms. The number of nitrogens with one attached hydrogen (secondary N) is 2. The lowest BCUT2D eigenvalue weighted by atomic mass is 9.87. The molecule has 1 heterocycles. The van der Waals surface area contributed by atoms with Crippen LogP contribution in [0.4, 0.5) is 0 Å². The summed E-state index contributed by atoms with van der Waals surface area (Å²) in [6.07, 6.45) is 3.53. The zero-order valence-electron chi connectivity index (χ0n) is 11.8. The van der Waals surface area contributed by atoms with Gasteiger partial charge in [0.2, 0.25) is 5.91 Å². The van der Waals surface area contributed by atoms with Crippen LogP contribution < -0.4 is 10.6 Å². The van der Waals surface area contributed by atoms with Crippen LogP contribution in [0.3, 0.4) is 0 Å². The summed E-state index contributed by atoms with van der Waals surface area (Å²) >= 11 is 0.